The second kappa shape index (κ2) is 6.48. The number of amides is 1. The Hall–Kier alpha value is -1.55. The zero-order valence-electron chi connectivity index (χ0n) is 13.3. The summed E-state index contributed by atoms with van der Waals surface area (Å²) in [4.78, 5) is 14.2. The maximum Gasteiger partial charge on any atom is 0.222 e. The minimum absolute atomic E-state index is 0.214. The number of para-hydroxylation sites is 1. The SMILES string of the molecule is COc1ccccc1C(N)CN1CCC(C)(C)CCC1=O. The van der Waals surface area contributed by atoms with E-state index in [1.54, 1.807) is 7.11 Å². The van der Waals surface area contributed by atoms with Crippen LogP contribution in [0.1, 0.15) is 44.7 Å². The molecule has 1 aliphatic heterocycles. The molecular formula is C17H26N2O2. The van der Waals surface area contributed by atoms with Crippen LogP contribution in [0, 0.1) is 5.41 Å². The molecule has 1 unspecified atom stereocenters. The average Bonchev–Trinajstić information content (AvgIpc) is 2.60. The van der Waals surface area contributed by atoms with Gasteiger partial charge in [-0.2, -0.15) is 0 Å². The number of hydrogen-bond acceptors (Lipinski definition) is 3. The number of rotatable bonds is 4. The first kappa shape index (κ1) is 15.8. The number of carbonyl (C=O) groups excluding carboxylic acids is 1. The number of ether oxygens (including phenoxy) is 1. The summed E-state index contributed by atoms with van der Waals surface area (Å²) >= 11 is 0. The summed E-state index contributed by atoms with van der Waals surface area (Å²) in [7, 11) is 1.64. The third-order valence-corrected chi connectivity index (χ3v) is 4.38. The second-order valence-corrected chi connectivity index (χ2v) is 6.60. The Kier molecular flexibility index (Phi) is 4.88. The molecule has 0 aliphatic carbocycles. The van der Waals surface area contributed by atoms with E-state index >= 15 is 0 Å². The molecule has 0 aromatic heterocycles. The van der Waals surface area contributed by atoms with Crippen LogP contribution in [0.4, 0.5) is 0 Å². The predicted molar refractivity (Wildman–Crippen MR) is 84.1 cm³/mol. The van der Waals surface area contributed by atoms with E-state index < -0.39 is 0 Å². The molecule has 4 heteroatoms. The topological polar surface area (TPSA) is 55.6 Å². The number of benzene rings is 1. The molecule has 1 heterocycles. The van der Waals surface area contributed by atoms with Gasteiger partial charge in [0.25, 0.3) is 0 Å². The first-order valence-corrected chi connectivity index (χ1v) is 7.59. The molecule has 0 spiro atoms. The normalized spacial score (nSPS) is 20.0. The molecule has 1 fully saturated rings. The molecule has 2 rings (SSSR count). The number of nitrogens with zero attached hydrogens (tertiary/aromatic N) is 1. The van der Waals surface area contributed by atoms with Crippen LogP contribution in [-0.4, -0.2) is 31.0 Å². The van der Waals surface area contributed by atoms with Gasteiger partial charge in [0, 0.05) is 25.1 Å². The molecule has 0 bridgehead atoms. The highest BCUT2D eigenvalue weighted by atomic mass is 16.5. The molecule has 2 N–H and O–H groups in total. The van der Waals surface area contributed by atoms with Crippen LogP contribution in [0.2, 0.25) is 0 Å². The molecular weight excluding hydrogens is 264 g/mol. The Morgan fingerprint density at radius 3 is 2.76 bits per heavy atom. The van der Waals surface area contributed by atoms with E-state index in [2.05, 4.69) is 13.8 Å². The van der Waals surface area contributed by atoms with Crippen molar-refractivity contribution in [1.82, 2.24) is 4.90 Å². The molecule has 1 aromatic rings. The maximum atomic E-state index is 12.3. The number of methoxy groups -OCH3 is 1. The summed E-state index contributed by atoms with van der Waals surface area (Å²) in [5, 5.41) is 0. The van der Waals surface area contributed by atoms with E-state index in [1.807, 2.05) is 29.2 Å². The fraction of sp³-hybridized carbons (Fsp3) is 0.588. The van der Waals surface area contributed by atoms with Crippen molar-refractivity contribution < 1.29 is 9.53 Å². The summed E-state index contributed by atoms with van der Waals surface area (Å²) in [5.74, 6) is 0.999. The van der Waals surface area contributed by atoms with E-state index in [0.717, 1.165) is 30.7 Å². The van der Waals surface area contributed by atoms with Crippen molar-refractivity contribution in [2.75, 3.05) is 20.2 Å². The highest BCUT2D eigenvalue weighted by Gasteiger charge is 2.28. The number of nitrogens with two attached hydrogens (primary N) is 1. The second-order valence-electron chi connectivity index (χ2n) is 6.60. The van der Waals surface area contributed by atoms with Crippen LogP contribution in [-0.2, 0) is 4.79 Å². The first-order valence-electron chi connectivity index (χ1n) is 7.59. The molecule has 21 heavy (non-hydrogen) atoms. The van der Waals surface area contributed by atoms with Crippen molar-refractivity contribution >= 4 is 5.91 Å². The van der Waals surface area contributed by atoms with Gasteiger partial charge in [-0.1, -0.05) is 32.0 Å². The van der Waals surface area contributed by atoms with E-state index in [0.29, 0.717) is 13.0 Å². The van der Waals surface area contributed by atoms with Gasteiger partial charge in [0.1, 0.15) is 5.75 Å². The number of carbonyl (C=O) groups is 1. The third-order valence-electron chi connectivity index (χ3n) is 4.38. The van der Waals surface area contributed by atoms with Gasteiger partial charge in [-0.05, 0) is 24.3 Å². The van der Waals surface area contributed by atoms with Crippen molar-refractivity contribution in [2.45, 2.75) is 39.2 Å². The summed E-state index contributed by atoms with van der Waals surface area (Å²) in [6.07, 6.45) is 2.59. The molecule has 1 saturated heterocycles. The van der Waals surface area contributed by atoms with Gasteiger partial charge in [-0.15, -0.1) is 0 Å². The zero-order valence-corrected chi connectivity index (χ0v) is 13.3. The lowest BCUT2D eigenvalue weighted by molar-refractivity contribution is -0.131. The molecule has 0 saturated carbocycles. The molecule has 1 aromatic carbocycles. The van der Waals surface area contributed by atoms with Crippen molar-refractivity contribution in [2.24, 2.45) is 11.1 Å². The van der Waals surface area contributed by atoms with Crippen LogP contribution < -0.4 is 10.5 Å². The Labute approximate surface area is 127 Å². The predicted octanol–water partition coefficient (Wildman–Crippen LogP) is 2.73. The Bertz CT molecular complexity index is 499. The third kappa shape index (κ3) is 3.97. The highest BCUT2D eigenvalue weighted by molar-refractivity contribution is 5.76. The van der Waals surface area contributed by atoms with E-state index in [4.69, 9.17) is 10.5 Å². The molecule has 1 atom stereocenters. The average molecular weight is 290 g/mol. The van der Waals surface area contributed by atoms with Crippen LogP contribution in [0.15, 0.2) is 24.3 Å². The van der Waals surface area contributed by atoms with E-state index in [9.17, 15) is 4.79 Å². The van der Waals surface area contributed by atoms with Crippen LogP contribution in [0.25, 0.3) is 0 Å². The molecule has 0 radical (unpaired) electrons. The lowest BCUT2D eigenvalue weighted by atomic mass is 9.85. The highest BCUT2D eigenvalue weighted by Crippen LogP contribution is 2.31. The zero-order chi connectivity index (χ0) is 15.5. The number of hydrogen-bond donors (Lipinski definition) is 1. The van der Waals surface area contributed by atoms with Gasteiger partial charge >= 0.3 is 0 Å². The molecule has 116 valence electrons. The van der Waals surface area contributed by atoms with Gasteiger partial charge < -0.3 is 15.4 Å². The monoisotopic (exact) mass is 290 g/mol. The lowest BCUT2D eigenvalue weighted by Crippen LogP contribution is -2.37. The lowest BCUT2D eigenvalue weighted by Gasteiger charge is -2.26. The Morgan fingerprint density at radius 1 is 1.33 bits per heavy atom. The summed E-state index contributed by atoms with van der Waals surface area (Å²) in [5.41, 5.74) is 7.50. The van der Waals surface area contributed by atoms with E-state index in [-0.39, 0.29) is 17.4 Å². The van der Waals surface area contributed by atoms with Crippen molar-refractivity contribution in [1.29, 1.82) is 0 Å². The van der Waals surface area contributed by atoms with Gasteiger partial charge in [-0.3, -0.25) is 4.79 Å². The van der Waals surface area contributed by atoms with Crippen molar-refractivity contribution in [3.63, 3.8) is 0 Å². The van der Waals surface area contributed by atoms with Gasteiger partial charge in [0.15, 0.2) is 0 Å². The fourth-order valence-corrected chi connectivity index (χ4v) is 2.79. The maximum absolute atomic E-state index is 12.3. The minimum Gasteiger partial charge on any atom is -0.496 e. The molecule has 1 amide bonds. The summed E-state index contributed by atoms with van der Waals surface area (Å²) in [6.45, 7) is 5.79. The van der Waals surface area contributed by atoms with E-state index in [1.165, 1.54) is 0 Å². The number of likely N-dealkylation sites (tertiary alicyclic amines) is 1. The summed E-state index contributed by atoms with van der Waals surface area (Å²) in [6, 6.07) is 7.53. The smallest absolute Gasteiger partial charge is 0.222 e. The molecule has 1 aliphatic rings. The largest absolute Gasteiger partial charge is 0.496 e. The van der Waals surface area contributed by atoms with Crippen molar-refractivity contribution in [3.05, 3.63) is 29.8 Å². The Balaban J connectivity index is 2.08. The van der Waals surface area contributed by atoms with Crippen LogP contribution in [0.5, 0.6) is 5.75 Å². The van der Waals surface area contributed by atoms with Crippen LogP contribution in [0.3, 0.4) is 0 Å². The Morgan fingerprint density at radius 2 is 2.05 bits per heavy atom. The first-order chi connectivity index (χ1) is 9.93. The van der Waals surface area contributed by atoms with Gasteiger partial charge in [0.2, 0.25) is 5.91 Å². The minimum atomic E-state index is -0.216. The van der Waals surface area contributed by atoms with Gasteiger partial charge in [-0.25, -0.2) is 0 Å². The standard InChI is InChI=1S/C17H26N2O2/c1-17(2)9-8-16(20)19(11-10-17)12-14(18)13-6-4-5-7-15(13)21-3/h4-7,14H,8-12,18H2,1-3H3. The molecule has 4 nitrogen and oxygen atoms in total. The van der Waals surface area contributed by atoms with Gasteiger partial charge in [0.05, 0.1) is 13.2 Å². The summed E-state index contributed by atoms with van der Waals surface area (Å²) < 4.78 is 5.36. The quantitative estimate of drug-likeness (QED) is 0.927. The fourth-order valence-electron chi connectivity index (χ4n) is 2.79. The van der Waals surface area contributed by atoms with Crippen molar-refractivity contribution in [3.8, 4) is 5.75 Å². The van der Waals surface area contributed by atoms with Crippen LogP contribution >= 0.6 is 0 Å².